The predicted octanol–water partition coefficient (Wildman–Crippen LogP) is 3.91. The van der Waals surface area contributed by atoms with Crippen LogP contribution in [0.5, 0.6) is 11.5 Å². The number of hydrogen-bond donors (Lipinski definition) is 3. The molecule has 154 valence electrons. The van der Waals surface area contributed by atoms with Gasteiger partial charge in [0, 0.05) is 47.1 Å². The number of anilines is 2. The van der Waals surface area contributed by atoms with E-state index in [1.165, 1.54) is 6.08 Å². The van der Waals surface area contributed by atoms with Crippen LogP contribution in [0, 0.1) is 0 Å². The van der Waals surface area contributed by atoms with Crippen LogP contribution in [-0.4, -0.2) is 17.0 Å². The summed E-state index contributed by atoms with van der Waals surface area (Å²) in [5, 5.41) is 7.42. The summed E-state index contributed by atoms with van der Waals surface area (Å²) in [4.78, 5) is 21.6. The molecule has 0 unspecified atom stereocenters. The average Bonchev–Trinajstić information content (AvgIpc) is 2.93. The normalized spacial score (nSPS) is 15.6. The van der Waals surface area contributed by atoms with Crippen LogP contribution >= 0.6 is 0 Å². The fourth-order valence-electron chi connectivity index (χ4n) is 3.61. The number of carbonyl (C=O) groups is 2. The second kappa shape index (κ2) is 7.79. The summed E-state index contributed by atoms with van der Waals surface area (Å²) in [7, 11) is 0. The summed E-state index contributed by atoms with van der Waals surface area (Å²) in [6.45, 7) is 6.75. The largest absolute Gasteiger partial charge is 0.481 e. The summed E-state index contributed by atoms with van der Waals surface area (Å²) in [6, 6.07) is 10.6. The highest BCUT2D eigenvalue weighted by molar-refractivity contribution is 5.98. The number of carboxylic acids is 1. The number of nitrogen functional groups attached to an aromatic ring is 2. The van der Waals surface area contributed by atoms with E-state index < -0.39 is 17.5 Å². The lowest BCUT2D eigenvalue weighted by Gasteiger charge is -2.37. The van der Waals surface area contributed by atoms with E-state index >= 15 is 0 Å². The average molecular weight is 406 g/mol. The molecule has 0 amide bonds. The molecule has 0 aliphatic carbocycles. The van der Waals surface area contributed by atoms with Crippen LogP contribution in [0.1, 0.15) is 25.0 Å². The van der Waals surface area contributed by atoms with E-state index in [1.807, 2.05) is 31.2 Å². The highest BCUT2D eigenvalue weighted by Gasteiger charge is 2.53. The number of hydrogen-bond acceptors (Lipinski definition) is 6. The van der Waals surface area contributed by atoms with Crippen LogP contribution in [0.2, 0.25) is 0 Å². The van der Waals surface area contributed by atoms with Crippen LogP contribution in [0.25, 0.3) is 0 Å². The van der Waals surface area contributed by atoms with E-state index in [-0.39, 0.29) is 0 Å². The Kier molecular flexibility index (Phi) is 5.38. The number of esters is 1. The van der Waals surface area contributed by atoms with Gasteiger partial charge in [0.25, 0.3) is 5.97 Å². The van der Waals surface area contributed by atoms with E-state index in [4.69, 9.17) is 30.8 Å². The van der Waals surface area contributed by atoms with Gasteiger partial charge in [0.05, 0.1) is 5.57 Å². The molecule has 0 fully saturated rings. The molecule has 0 atom stereocenters. The smallest absolute Gasteiger partial charge is 0.340 e. The molecule has 1 spiro atoms. The topological polar surface area (TPSA) is 125 Å². The molecule has 4 rings (SSSR count). The molecule has 0 aromatic heterocycles. The Morgan fingerprint density at radius 2 is 1.60 bits per heavy atom. The fraction of sp³-hybridized carbons (Fsp3) is 0.130. The molecule has 2 aromatic carbocycles. The molecule has 5 N–H and O–H groups in total. The molecule has 2 aliphatic heterocycles. The van der Waals surface area contributed by atoms with Crippen molar-refractivity contribution in [1.82, 2.24) is 0 Å². The van der Waals surface area contributed by atoms with Gasteiger partial charge in [-0.3, -0.25) is 4.79 Å². The Bertz CT molecular complexity index is 1060. The first-order valence-electron chi connectivity index (χ1n) is 9.15. The minimum Gasteiger partial charge on any atom is -0.481 e. The van der Waals surface area contributed by atoms with Gasteiger partial charge >= 0.3 is 5.97 Å². The van der Waals surface area contributed by atoms with Crippen molar-refractivity contribution in [2.45, 2.75) is 19.4 Å². The van der Waals surface area contributed by atoms with Crippen molar-refractivity contribution in [1.29, 1.82) is 0 Å². The quantitative estimate of drug-likeness (QED) is 0.510. The molecular formula is C23H22N2O5. The van der Waals surface area contributed by atoms with Gasteiger partial charge in [-0.25, -0.2) is 4.79 Å². The number of carbonyl (C=O) groups excluding carboxylic acids is 1. The SMILES string of the molecule is C=CC1=C(/C=C\C)C2(OC1=O)c1ccc(N)cc1Oc1cc(N)ccc12.CC(=O)O. The van der Waals surface area contributed by atoms with Gasteiger partial charge in [-0.05, 0) is 31.2 Å². The number of benzene rings is 2. The Balaban J connectivity index is 0.000000589. The molecule has 30 heavy (non-hydrogen) atoms. The molecule has 2 aliphatic rings. The number of carboxylic acid groups (broad SMARTS) is 1. The van der Waals surface area contributed by atoms with Crippen LogP contribution in [0.3, 0.4) is 0 Å². The van der Waals surface area contributed by atoms with Crippen LogP contribution in [0.4, 0.5) is 11.4 Å². The zero-order chi connectivity index (χ0) is 22.1. The van der Waals surface area contributed by atoms with Crippen molar-refractivity contribution in [3.8, 4) is 11.5 Å². The van der Waals surface area contributed by atoms with E-state index in [9.17, 15) is 4.79 Å². The lowest BCUT2D eigenvalue weighted by Crippen LogP contribution is -2.34. The van der Waals surface area contributed by atoms with E-state index in [1.54, 1.807) is 24.3 Å². The van der Waals surface area contributed by atoms with E-state index in [2.05, 4.69) is 6.58 Å². The maximum absolute atomic E-state index is 12.6. The van der Waals surface area contributed by atoms with E-state index in [0.717, 1.165) is 6.92 Å². The summed E-state index contributed by atoms with van der Waals surface area (Å²) in [6.07, 6.45) is 5.26. The second-order valence-electron chi connectivity index (χ2n) is 6.73. The molecule has 2 aromatic rings. The second-order valence-corrected chi connectivity index (χ2v) is 6.73. The highest BCUT2D eigenvalue weighted by atomic mass is 16.6. The zero-order valence-electron chi connectivity index (χ0n) is 16.6. The fourth-order valence-corrected chi connectivity index (χ4v) is 3.61. The van der Waals surface area contributed by atoms with Gasteiger partial charge in [-0.1, -0.05) is 24.8 Å². The van der Waals surface area contributed by atoms with Crippen LogP contribution < -0.4 is 16.2 Å². The van der Waals surface area contributed by atoms with Crippen molar-refractivity contribution < 1.29 is 24.2 Å². The van der Waals surface area contributed by atoms with Crippen LogP contribution in [-0.2, 0) is 19.9 Å². The number of rotatable bonds is 2. The first-order chi connectivity index (χ1) is 14.2. The third kappa shape index (κ3) is 3.30. The van der Waals surface area contributed by atoms with Gasteiger partial charge in [0.2, 0.25) is 0 Å². The molecule has 7 heteroatoms. The lowest BCUT2D eigenvalue weighted by molar-refractivity contribution is -0.144. The molecule has 7 nitrogen and oxygen atoms in total. The summed E-state index contributed by atoms with van der Waals surface area (Å²) in [5.74, 6) is -0.202. The number of nitrogens with two attached hydrogens (primary N) is 2. The summed E-state index contributed by atoms with van der Waals surface area (Å²) >= 11 is 0. The minimum absolute atomic E-state index is 0.426. The predicted molar refractivity (Wildman–Crippen MR) is 114 cm³/mol. The van der Waals surface area contributed by atoms with Gasteiger partial charge < -0.3 is 26.0 Å². The Hall–Kier alpha value is -4.00. The van der Waals surface area contributed by atoms with Crippen LogP contribution in [0.15, 0.2) is 72.4 Å². The maximum atomic E-state index is 12.6. The van der Waals surface area contributed by atoms with E-state index in [0.29, 0.717) is 45.1 Å². The number of aliphatic carboxylic acids is 1. The first-order valence-corrected chi connectivity index (χ1v) is 9.15. The Labute approximate surface area is 173 Å². The number of ether oxygens (including phenoxy) is 2. The zero-order valence-corrected chi connectivity index (χ0v) is 16.6. The van der Waals surface area contributed by atoms with Crippen molar-refractivity contribution in [2.75, 3.05) is 11.5 Å². The van der Waals surface area contributed by atoms with Crippen molar-refractivity contribution in [3.05, 3.63) is 83.5 Å². The first kappa shape index (κ1) is 20.7. The molecule has 2 heterocycles. The summed E-state index contributed by atoms with van der Waals surface area (Å²) in [5.41, 5.74) is 14.4. The monoisotopic (exact) mass is 406 g/mol. The molecule has 0 radical (unpaired) electrons. The maximum Gasteiger partial charge on any atom is 0.340 e. The van der Waals surface area contributed by atoms with Gasteiger partial charge in [0.15, 0.2) is 5.60 Å². The van der Waals surface area contributed by atoms with Gasteiger partial charge in [-0.2, -0.15) is 0 Å². The third-order valence-corrected chi connectivity index (χ3v) is 4.66. The van der Waals surface area contributed by atoms with Crippen molar-refractivity contribution in [3.63, 3.8) is 0 Å². The van der Waals surface area contributed by atoms with Gasteiger partial charge in [-0.15, -0.1) is 0 Å². The molecule has 0 saturated carbocycles. The Morgan fingerprint density at radius 3 is 2.03 bits per heavy atom. The minimum atomic E-state index is -1.13. The highest BCUT2D eigenvalue weighted by Crippen LogP contribution is 2.56. The Morgan fingerprint density at radius 1 is 1.10 bits per heavy atom. The standard InChI is InChI=1S/C21H18N2O3.C2H4O2/c1-3-5-15-14(4-2)20(24)26-21(15)16-8-6-12(22)10-18(16)25-19-11-13(23)7-9-17(19)21;1-2(3)4/h3-11H,2,22-23H2,1H3;1H3,(H,3,4)/b5-3-;. The molecule has 0 bridgehead atoms. The third-order valence-electron chi connectivity index (χ3n) is 4.66. The van der Waals surface area contributed by atoms with Crippen molar-refractivity contribution in [2.24, 2.45) is 0 Å². The summed E-state index contributed by atoms with van der Waals surface area (Å²) < 4.78 is 12.0. The lowest BCUT2D eigenvalue weighted by atomic mass is 9.77. The van der Waals surface area contributed by atoms with Crippen molar-refractivity contribution >= 4 is 23.3 Å². The molecular weight excluding hydrogens is 384 g/mol. The number of allylic oxidation sites excluding steroid dienone is 1. The molecule has 0 saturated heterocycles. The van der Waals surface area contributed by atoms with Gasteiger partial charge in [0.1, 0.15) is 11.5 Å². The number of fused-ring (bicyclic) bond motifs is 4.